The smallest absolute Gasteiger partial charge is 0.193 e. The summed E-state index contributed by atoms with van der Waals surface area (Å²) in [7, 11) is 0. The largest absolute Gasteiger partial charge is 0.393 e. The van der Waals surface area contributed by atoms with Gasteiger partial charge in [-0.25, -0.2) is 0 Å². The highest BCUT2D eigenvalue weighted by Gasteiger charge is 2.19. The maximum absolute atomic E-state index is 9.66. The van der Waals surface area contributed by atoms with E-state index in [1.807, 2.05) is 0 Å². The van der Waals surface area contributed by atoms with E-state index in [1.165, 1.54) is 16.5 Å². The van der Waals surface area contributed by atoms with Gasteiger partial charge in [-0.15, -0.1) is 0 Å². The maximum atomic E-state index is 9.66. The van der Waals surface area contributed by atoms with Crippen LogP contribution in [0.15, 0.2) is 35.5 Å². The van der Waals surface area contributed by atoms with Crippen LogP contribution in [0.1, 0.15) is 31.7 Å². The Bertz CT molecular complexity index is 671. The standard InChI is InChI=1S/C19H28N4O/c1-2-20-19(23-12-9-16(24)10-13-23)21-11-5-6-15-14-22-18-8-4-3-7-17(15)18/h3-4,7-8,14,16,22,24H,2,5-6,9-13H2,1H3,(H,20,21). The Morgan fingerprint density at radius 2 is 2.12 bits per heavy atom. The van der Waals surface area contributed by atoms with Crippen molar-refractivity contribution in [3.8, 4) is 0 Å². The number of fused-ring (bicyclic) bond motifs is 1. The van der Waals surface area contributed by atoms with Crippen molar-refractivity contribution in [2.75, 3.05) is 26.2 Å². The number of aliphatic imine (C=N–C) groups is 1. The van der Waals surface area contributed by atoms with Gasteiger partial charge in [0, 0.05) is 43.3 Å². The fourth-order valence-electron chi connectivity index (χ4n) is 3.30. The van der Waals surface area contributed by atoms with Crippen molar-refractivity contribution in [1.82, 2.24) is 15.2 Å². The average molecular weight is 328 g/mol. The van der Waals surface area contributed by atoms with Crippen molar-refractivity contribution in [1.29, 1.82) is 0 Å². The van der Waals surface area contributed by atoms with Crippen LogP contribution < -0.4 is 5.32 Å². The first-order valence-electron chi connectivity index (χ1n) is 9.04. The first-order valence-corrected chi connectivity index (χ1v) is 9.04. The molecule has 1 aliphatic rings. The monoisotopic (exact) mass is 328 g/mol. The molecular formula is C19H28N4O. The lowest BCUT2D eigenvalue weighted by molar-refractivity contribution is 0.108. The van der Waals surface area contributed by atoms with Gasteiger partial charge in [0.25, 0.3) is 0 Å². The number of rotatable bonds is 5. The summed E-state index contributed by atoms with van der Waals surface area (Å²) in [5.74, 6) is 0.989. The number of aromatic nitrogens is 1. The molecule has 1 aliphatic heterocycles. The van der Waals surface area contributed by atoms with E-state index in [0.717, 1.165) is 57.8 Å². The highest BCUT2D eigenvalue weighted by atomic mass is 16.3. The molecule has 130 valence electrons. The Kier molecular flexibility index (Phi) is 5.75. The van der Waals surface area contributed by atoms with Gasteiger partial charge in [0.1, 0.15) is 0 Å². The summed E-state index contributed by atoms with van der Waals surface area (Å²) >= 11 is 0. The van der Waals surface area contributed by atoms with Crippen LogP contribution in [0, 0.1) is 0 Å². The van der Waals surface area contributed by atoms with Gasteiger partial charge in [-0.1, -0.05) is 18.2 Å². The highest BCUT2D eigenvalue weighted by molar-refractivity contribution is 5.83. The third kappa shape index (κ3) is 4.09. The lowest BCUT2D eigenvalue weighted by atomic mass is 10.1. The van der Waals surface area contributed by atoms with Crippen molar-refractivity contribution < 1.29 is 5.11 Å². The number of aryl methyl sites for hydroxylation is 1. The Morgan fingerprint density at radius 3 is 2.92 bits per heavy atom. The molecule has 0 amide bonds. The average Bonchev–Trinajstić information content (AvgIpc) is 3.02. The molecule has 1 aromatic heterocycles. The third-order valence-corrected chi connectivity index (χ3v) is 4.64. The molecule has 5 nitrogen and oxygen atoms in total. The van der Waals surface area contributed by atoms with Crippen LogP contribution in [0.25, 0.3) is 10.9 Å². The van der Waals surface area contributed by atoms with Crippen LogP contribution in [0.3, 0.4) is 0 Å². The lowest BCUT2D eigenvalue weighted by Crippen LogP contribution is -2.46. The number of aliphatic hydroxyl groups excluding tert-OH is 1. The van der Waals surface area contributed by atoms with E-state index >= 15 is 0 Å². The normalized spacial score (nSPS) is 16.8. The molecule has 0 bridgehead atoms. The summed E-state index contributed by atoms with van der Waals surface area (Å²) in [6.07, 6.45) is 5.70. The van der Waals surface area contributed by atoms with E-state index < -0.39 is 0 Å². The molecular weight excluding hydrogens is 300 g/mol. The number of para-hydroxylation sites is 1. The Labute approximate surface area is 143 Å². The number of nitrogens with zero attached hydrogens (tertiary/aromatic N) is 2. The van der Waals surface area contributed by atoms with Gasteiger partial charge in [0.15, 0.2) is 5.96 Å². The lowest BCUT2D eigenvalue weighted by Gasteiger charge is -2.32. The molecule has 0 saturated carbocycles. The van der Waals surface area contributed by atoms with E-state index in [4.69, 9.17) is 4.99 Å². The van der Waals surface area contributed by atoms with Crippen LogP contribution in [0.5, 0.6) is 0 Å². The fourth-order valence-corrected chi connectivity index (χ4v) is 3.30. The SMILES string of the molecule is CCNC(=NCCCc1c[nH]c2ccccc12)N1CCC(O)CC1. The Hall–Kier alpha value is -2.01. The number of piperidine rings is 1. The molecule has 3 rings (SSSR count). The van der Waals surface area contributed by atoms with E-state index in [9.17, 15) is 5.11 Å². The Balaban J connectivity index is 1.55. The quantitative estimate of drug-likeness (QED) is 0.449. The molecule has 0 spiro atoms. The van der Waals surface area contributed by atoms with Gasteiger partial charge in [0.05, 0.1) is 6.10 Å². The minimum Gasteiger partial charge on any atom is -0.393 e. The summed E-state index contributed by atoms with van der Waals surface area (Å²) in [5, 5.41) is 14.4. The van der Waals surface area contributed by atoms with E-state index in [2.05, 4.69) is 52.6 Å². The van der Waals surface area contributed by atoms with E-state index in [0.29, 0.717) is 0 Å². The molecule has 24 heavy (non-hydrogen) atoms. The second kappa shape index (κ2) is 8.20. The van der Waals surface area contributed by atoms with Gasteiger partial charge in [-0.05, 0) is 44.2 Å². The van der Waals surface area contributed by atoms with Crippen LogP contribution >= 0.6 is 0 Å². The minimum atomic E-state index is -0.147. The zero-order valence-corrected chi connectivity index (χ0v) is 14.5. The molecule has 0 radical (unpaired) electrons. The maximum Gasteiger partial charge on any atom is 0.193 e. The van der Waals surface area contributed by atoms with E-state index in [1.54, 1.807) is 0 Å². The zero-order valence-electron chi connectivity index (χ0n) is 14.5. The molecule has 3 N–H and O–H groups in total. The number of likely N-dealkylation sites (tertiary alicyclic amines) is 1. The number of hydrogen-bond donors (Lipinski definition) is 3. The topological polar surface area (TPSA) is 63.7 Å². The zero-order chi connectivity index (χ0) is 16.8. The summed E-state index contributed by atoms with van der Waals surface area (Å²) in [6.45, 7) is 5.56. The molecule has 0 aliphatic carbocycles. The molecule has 2 heterocycles. The first kappa shape index (κ1) is 16.8. The summed E-state index contributed by atoms with van der Waals surface area (Å²) in [4.78, 5) is 10.4. The fraction of sp³-hybridized carbons (Fsp3) is 0.526. The summed E-state index contributed by atoms with van der Waals surface area (Å²) < 4.78 is 0. The van der Waals surface area contributed by atoms with Crippen LogP contribution in [0.4, 0.5) is 0 Å². The first-order chi connectivity index (χ1) is 11.8. The molecule has 5 heteroatoms. The van der Waals surface area contributed by atoms with Crippen LogP contribution in [0.2, 0.25) is 0 Å². The Morgan fingerprint density at radius 1 is 1.33 bits per heavy atom. The third-order valence-electron chi connectivity index (χ3n) is 4.64. The van der Waals surface area contributed by atoms with Gasteiger partial charge in [0.2, 0.25) is 0 Å². The van der Waals surface area contributed by atoms with Crippen LogP contribution in [-0.2, 0) is 6.42 Å². The molecule has 1 aromatic carbocycles. The molecule has 1 fully saturated rings. The van der Waals surface area contributed by atoms with Crippen molar-refractivity contribution in [3.05, 3.63) is 36.0 Å². The van der Waals surface area contributed by atoms with Crippen LogP contribution in [-0.4, -0.2) is 53.2 Å². The number of benzene rings is 1. The number of H-pyrrole nitrogens is 1. The van der Waals surface area contributed by atoms with Gasteiger partial charge < -0.3 is 20.3 Å². The number of guanidine groups is 1. The summed E-state index contributed by atoms with van der Waals surface area (Å²) in [5.41, 5.74) is 2.57. The second-order valence-electron chi connectivity index (χ2n) is 6.42. The number of nitrogens with one attached hydrogen (secondary N) is 2. The second-order valence-corrected chi connectivity index (χ2v) is 6.42. The van der Waals surface area contributed by atoms with Gasteiger partial charge in [-0.3, -0.25) is 4.99 Å². The van der Waals surface area contributed by atoms with Gasteiger partial charge in [-0.2, -0.15) is 0 Å². The molecule has 1 saturated heterocycles. The highest BCUT2D eigenvalue weighted by Crippen LogP contribution is 2.19. The molecule has 0 unspecified atom stereocenters. The van der Waals surface area contributed by atoms with Crippen molar-refractivity contribution in [2.24, 2.45) is 4.99 Å². The van der Waals surface area contributed by atoms with Crippen molar-refractivity contribution >= 4 is 16.9 Å². The summed E-state index contributed by atoms with van der Waals surface area (Å²) in [6, 6.07) is 8.44. The number of aliphatic hydroxyl groups is 1. The number of aromatic amines is 1. The predicted molar refractivity (Wildman–Crippen MR) is 99.4 cm³/mol. The molecule has 0 atom stereocenters. The molecule has 2 aromatic rings. The minimum absolute atomic E-state index is 0.147. The van der Waals surface area contributed by atoms with Crippen molar-refractivity contribution in [3.63, 3.8) is 0 Å². The number of hydrogen-bond acceptors (Lipinski definition) is 2. The van der Waals surface area contributed by atoms with Gasteiger partial charge >= 0.3 is 0 Å². The van der Waals surface area contributed by atoms with E-state index in [-0.39, 0.29) is 6.10 Å². The van der Waals surface area contributed by atoms with Crippen molar-refractivity contribution in [2.45, 2.75) is 38.7 Å². The predicted octanol–water partition coefficient (Wildman–Crippen LogP) is 2.52.